The molecule has 1 atom stereocenters. The van der Waals surface area contributed by atoms with Gasteiger partial charge < -0.3 is 10.4 Å². The van der Waals surface area contributed by atoms with E-state index >= 15 is 0 Å². The molecule has 152 valence electrons. The van der Waals surface area contributed by atoms with Crippen LogP contribution in [0, 0.1) is 0 Å². The Morgan fingerprint density at radius 1 is 1.17 bits per heavy atom. The van der Waals surface area contributed by atoms with Crippen molar-refractivity contribution in [1.82, 2.24) is 14.8 Å². The number of carbonyl (C=O) groups excluding carboxylic acids is 1. The smallest absolute Gasteiger partial charge is 0.224 e. The molecule has 2 N–H and O–H groups in total. The van der Waals surface area contributed by atoms with Gasteiger partial charge in [0.15, 0.2) is 0 Å². The van der Waals surface area contributed by atoms with Gasteiger partial charge in [0, 0.05) is 30.7 Å². The van der Waals surface area contributed by atoms with Crippen LogP contribution >= 0.6 is 0 Å². The summed E-state index contributed by atoms with van der Waals surface area (Å²) in [6.45, 7) is 2.04. The molecular weight excluding hydrogens is 392 g/mol. The summed E-state index contributed by atoms with van der Waals surface area (Å²) in [6.07, 6.45) is 6.33. The first kappa shape index (κ1) is 20.7. The van der Waals surface area contributed by atoms with Crippen LogP contribution in [0.5, 0.6) is 0 Å². The van der Waals surface area contributed by atoms with Crippen LogP contribution in [0.15, 0.2) is 71.0 Å². The van der Waals surface area contributed by atoms with Crippen molar-refractivity contribution in [2.45, 2.75) is 35.6 Å². The van der Waals surface area contributed by atoms with Gasteiger partial charge in [-0.1, -0.05) is 13.0 Å². The SMILES string of the molecule is CC(CC(=O)Nc1ccc(S(=O)(=O)c2cnn(CCO)c2)cc1)c1cccnc1. The lowest BCUT2D eigenvalue weighted by molar-refractivity contribution is -0.116. The lowest BCUT2D eigenvalue weighted by atomic mass is 9.99. The van der Waals surface area contributed by atoms with E-state index in [0.717, 1.165) is 5.56 Å². The molecule has 3 aromatic rings. The number of amides is 1. The number of anilines is 1. The summed E-state index contributed by atoms with van der Waals surface area (Å²) in [5.41, 5.74) is 1.49. The van der Waals surface area contributed by atoms with Crippen molar-refractivity contribution in [2.24, 2.45) is 0 Å². The first-order valence-corrected chi connectivity index (χ1v) is 10.6. The van der Waals surface area contributed by atoms with E-state index in [-0.39, 0.29) is 41.2 Å². The molecule has 3 rings (SSSR count). The number of pyridine rings is 1. The Labute approximate surface area is 169 Å². The predicted octanol–water partition coefficient (Wildman–Crippen LogP) is 2.24. The Morgan fingerprint density at radius 3 is 2.59 bits per heavy atom. The number of hydrogen-bond donors (Lipinski definition) is 2. The Morgan fingerprint density at radius 2 is 1.93 bits per heavy atom. The van der Waals surface area contributed by atoms with E-state index < -0.39 is 9.84 Å². The van der Waals surface area contributed by atoms with Crippen molar-refractivity contribution in [1.29, 1.82) is 0 Å². The summed E-state index contributed by atoms with van der Waals surface area (Å²) in [6, 6.07) is 9.75. The summed E-state index contributed by atoms with van der Waals surface area (Å²) in [4.78, 5) is 16.5. The zero-order valence-corrected chi connectivity index (χ0v) is 16.7. The van der Waals surface area contributed by atoms with Gasteiger partial charge in [0.05, 0.1) is 24.2 Å². The maximum absolute atomic E-state index is 12.7. The molecule has 0 bridgehead atoms. The lowest BCUT2D eigenvalue weighted by Gasteiger charge is -2.12. The van der Waals surface area contributed by atoms with Crippen molar-refractivity contribution in [2.75, 3.05) is 11.9 Å². The topological polar surface area (TPSA) is 114 Å². The second-order valence-electron chi connectivity index (χ2n) is 6.63. The first-order valence-electron chi connectivity index (χ1n) is 9.08. The van der Waals surface area contributed by atoms with Crippen molar-refractivity contribution < 1.29 is 18.3 Å². The van der Waals surface area contributed by atoms with E-state index in [1.54, 1.807) is 24.5 Å². The third-order valence-corrected chi connectivity index (χ3v) is 6.17. The van der Waals surface area contributed by atoms with E-state index in [1.165, 1.54) is 29.2 Å². The number of aliphatic hydroxyl groups excluding tert-OH is 1. The first-order chi connectivity index (χ1) is 13.9. The fourth-order valence-corrected chi connectivity index (χ4v) is 4.05. The predicted molar refractivity (Wildman–Crippen MR) is 107 cm³/mol. The minimum Gasteiger partial charge on any atom is -0.394 e. The summed E-state index contributed by atoms with van der Waals surface area (Å²) >= 11 is 0. The number of sulfone groups is 1. The minimum atomic E-state index is -3.72. The molecule has 0 aliphatic heterocycles. The summed E-state index contributed by atoms with van der Waals surface area (Å²) in [5.74, 6) is -0.152. The maximum atomic E-state index is 12.7. The van der Waals surface area contributed by atoms with Gasteiger partial charge in [0.25, 0.3) is 0 Å². The summed E-state index contributed by atoms with van der Waals surface area (Å²) < 4.78 is 26.7. The number of nitrogens with one attached hydrogen (secondary N) is 1. The number of carbonyl (C=O) groups is 1. The van der Waals surface area contributed by atoms with Gasteiger partial charge in [-0.15, -0.1) is 0 Å². The molecule has 0 radical (unpaired) electrons. The number of hydrogen-bond acceptors (Lipinski definition) is 6. The number of rotatable bonds is 8. The van der Waals surface area contributed by atoms with Crippen molar-refractivity contribution in [3.63, 3.8) is 0 Å². The molecule has 0 saturated heterocycles. The van der Waals surface area contributed by atoms with E-state index in [1.807, 2.05) is 19.1 Å². The zero-order valence-electron chi connectivity index (χ0n) is 15.9. The van der Waals surface area contributed by atoms with E-state index in [0.29, 0.717) is 5.69 Å². The van der Waals surface area contributed by atoms with Crippen LogP contribution in [0.4, 0.5) is 5.69 Å². The quantitative estimate of drug-likeness (QED) is 0.584. The van der Waals surface area contributed by atoms with Crippen LogP contribution in [-0.4, -0.2) is 40.8 Å². The molecule has 8 nitrogen and oxygen atoms in total. The third kappa shape index (κ3) is 5.07. The van der Waals surface area contributed by atoms with Crippen LogP contribution in [0.1, 0.15) is 24.8 Å². The Balaban J connectivity index is 1.65. The Bertz CT molecular complexity index is 1060. The van der Waals surface area contributed by atoms with Crippen molar-refractivity contribution in [3.05, 3.63) is 66.7 Å². The van der Waals surface area contributed by atoms with Crippen molar-refractivity contribution in [3.8, 4) is 0 Å². The highest BCUT2D eigenvalue weighted by molar-refractivity contribution is 7.91. The molecule has 1 unspecified atom stereocenters. The van der Waals surface area contributed by atoms with Crippen LogP contribution in [0.3, 0.4) is 0 Å². The molecule has 2 heterocycles. The lowest BCUT2D eigenvalue weighted by Crippen LogP contribution is -2.14. The van der Waals surface area contributed by atoms with E-state index in [4.69, 9.17) is 5.11 Å². The molecule has 1 amide bonds. The fourth-order valence-electron chi connectivity index (χ4n) is 2.84. The molecular formula is C20H22N4O4S. The maximum Gasteiger partial charge on any atom is 0.224 e. The largest absolute Gasteiger partial charge is 0.394 e. The Hall–Kier alpha value is -3.04. The molecule has 0 spiro atoms. The van der Waals surface area contributed by atoms with Gasteiger partial charge in [-0.25, -0.2) is 8.42 Å². The zero-order chi connectivity index (χ0) is 20.9. The van der Waals surface area contributed by atoms with Crippen molar-refractivity contribution >= 4 is 21.4 Å². The highest BCUT2D eigenvalue weighted by atomic mass is 32.2. The Kier molecular flexibility index (Phi) is 6.40. The average molecular weight is 414 g/mol. The minimum absolute atomic E-state index is 0.0128. The average Bonchev–Trinajstić information content (AvgIpc) is 3.19. The molecule has 2 aromatic heterocycles. The normalized spacial score (nSPS) is 12.5. The molecule has 1 aromatic carbocycles. The molecule has 29 heavy (non-hydrogen) atoms. The highest BCUT2D eigenvalue weighted by Crippen LogP contribution is 2.23. The van der Waals surface area contributed by atoms with E-state index in [2.05, 4.69) is 15.4 Å². The summed E-state index contributed by atoms with van der Waals surface area (Å²) in [5, 5.41) is 15.6. The number of aliphatic hydroxyl groups is 1. The fraction of sp³-hybridized carbons (Fsp3) is 0.250. The van der Waals surface area contributed by atoms with Crippen LogP contribution in [0.2, 0.25) is 0 Å². The van der Waals surface area contributed by atoms with E-state index in [9.17, 15) is 13.2 Å². The second kappa shape index (κ2) is 8.97. The van der Waals surface area contributed by atoms with Crippen LogP contribution < -0.4 is 5.32 Å². The van der Waals surface area contributed by atoms with Gasteiger partial charge >= 0.3 is 0 Å². The van der Waals surface area contributed by atoms with Crippen LogP contribution in [-0.2, 0) is 21.2 Å². The van der Waals surface area contributed by atoms with Gasteiger partial charge in [0.1, 0.15) is 4.90 Å². The molecule has 9 heteroatoms. The van der Waals surface area contributed by atoms with Gasteiger partial charge in [0.2, 0.25) is 15.7 Å². The molecule has 0 fully saturated rings. The number of nitrogens with zero attached hydrogens (tertiary/aromatic N) is 3. The molecule has 0 saturated carbocycles. The second-order valence-corrected chi connectivity index (χ2v) is 8.58. The van der Waals surface area contributed by atoms with Gasteiger partial charge in [-0.2, -0.15) is 5.10 Å². The monoisotopic (exact) mass is 414 g/mol. The molecule has 0 aliphatic carbocycles. The van der Waals surface area contributed by atoms with Gasteiger partial charge in [-0.05, 0) is 41.8 Å². The van der Waals surface area contributed by atoms with Gasteiger partial charge in [-0.3, -0.25) is 14.5 Å². The third-order valence-electron chi connectivity index (χ3n) is 4.44. The highest BCUT2D eigenvalue weighted by Gasteiger charge is 2.20. The summed E-state index contributed by atoms with van der Waals surface area (Å²) in [7, 11) is -3.72. The number of benzene rings is 1. The van der Waals surface area contributed by atoms with Crippen LogP contribution in [0.25, 0.3) is 0 Å². The number of aromatic nitrogens is 3. The molecule has 0 aliphatic rings. The standard InChI is InChI=1S/C20H22N4O4S/c1-15(16-3-2-8-21-12-16)11-20(26)23-17-4-6-18(7-5-17)29(27,28)19-13-22-24(14-19)9-10-25/h2-8,12-15,25H,9-11H2,1H3,(H,23,26).